The van der Waals surface area contributed by atoms with E-state index in [1.54, 1.807) is 0 Å². The molecule has 0 aromatic carbocycles. The van der Waals surface area contributed by atoms with Crippen molar-refractivity contribution in [3.05, 3.63) is 0 Å². The monoisotopic (exact) mass is 229 g/mol. The molecule has 0 aliphatic heterocycles. The van der Waals surface area contributed by atoms with E-state index in [9.17, 15) is 4.79 Å². The maximum absolute atomic E-state index is 11.5. The third-order valence-electron chi connectivity index (χ3n) is 3.34. The van der Waals surface area contributed by atoms with Gasteiger partial charge in [0.2, 0.25) is 0 Å². The number of hydrogen-bond donors (Lipinski definition) is 2. The van der Waals surface area contributed by atoms with Crippen LogP contribution in [0.4, 0.5) is 0 Å². The number of aliphatic hydroxyl groups is 1. The predicted octanol–water partition coefficient (Wildman–Crippen LogP) is 1.21. The van der Waals surface area contributed by atoms with Gasteiger partial charge in [-0.25, -0.2) is 0 Å². The molecule has 1 rings (SSSR count). The summed E-state index contributed by atoms with van der Waals surface area (Å²) in [5, 5.41) is 8.68. The highest BCUT2D eigenvalue weighted by atomic mass is 16.5. The normalized spacial score (nSPS) is 27.4. The van der Waals surface area contributed by atoms with Crippen molar-refractivity contribution in [3.63, 3.8) is 0 Å². The predicted molar refractivity (Wildman–Crippen MR) is 61.8 cm³/mol. The minimum Gasteiger partial charge on any atom is -0.461 e. The van der Waals surface area contributed by atoms with Crippen LogP contribution in [0.5, 0.6) is 0 Å². The standard InChI is InChI=1S/C12H23NO3/c1-2-9-4-3-5-10(8-9)16-12(15)11(13)6-7-14/h9-11,14H,2-8,13H2,1H3. The van der Waals surface area contributed by atoms with Crippen molar-refractivity contribution in [1.29, 1.82) is 0 Å². The zero-order chi connectivity index (χ0) is 12.0. The molecule has 1 fully saturated rings. The fourth-order valence-corrected chi connectivity index (χ4v) is 2.23. The molecule has 4 heteroatoms. The molecule has 16 heavy (non-hydrogen) atoms. The van der Waals surface area contributed by atoms with E-state index >= 15 is 0 Å². The molecular formula is C12H23NO3. The van der Waals surface area contributed by atoms with Crippen LogP contribution in [0.25, 0.3) is 0 Å². The van der Waals surface area contributed by atoms with E-state index in [0.717, 1.165) is 25.7 Å². The van der Waals surface area contributed by atoms with Gasteiger partial charge in [-0.05, 0) is 31.6 Å². The largest absolute Gasteiger partial charge is 0.461 e. The summed E-state index contributed by atoms with van der Waals surface area (Å²) in [6.07, 6.45) is 5.76. The second-order valence-electron chi connectivity index (χ2n) is 4.62. The van der Waals surface area contributed by atoms with Crippen LogP contribution in [0.2, 0.25) is 0 Å². The molecule has 0 amide bonds. The molecule has 0 spiro atoms. The summed E-state index contributed by atoms with van der Waals surface area (Å²) in [4.78, 5) is 11.5. The van der Waals surface area contributed by atoms with Crippen LogP contribution in [0.3, 0.4) is 0 Å². The van der Waals surface area contributed by atoms with E-state index in [4.69, 9.17) is 15.6 Å². The van der Waals surface area contributed by atoms with Crippen molar-refractivity contribution in [2.45, 2.75) is 57.6 Å². The molecular weight excluding hydrogens is 206 g/mol. The molecule has 3 atom stereocenters. The molecule has 4 nitrogen and oxygen atoms in total. The number of carbonyl (C=O) groups excluding carboxylic acids is 1. The number of rotatable bonds is 5. The second-order valence-corrected chi connectivity index (χ2v) is 4.62. The van der Waals surface area contributed by atoms with Crippen LogP contribution in [0, 0.1) is 5.92 Å². The molecule has 3 N–H and O–H groups in total. The van der Waals surface area contributed by atoms with Crippen molar-refractivity contribution >= 4 is 5.97 Å². The summed E-state index contributed by atoms with van der Waals surface area (Å²) in [6.45, 7) is 2.10. The van der Waals surface area contributed by atoms with Crippen molar-refractivity contribution in [2.24, 2.45) is 11.7 Å². The lowest BCUT2D eigenvalue weighted by Gasteiger charge is -2.28. The first-order valence-electron chi connectivity index (χ1n) is 6.24. The van der Waals surface area contributed by atoms with Crippen LogP contribution < -0.4 is 5.73 Å². The molecule has 94 valence electrons. The molecule has 3 unspecified atom stereocenters. The Morgan fingerprint density at radius 1 is 1.56 bits per heavy atom. The van der Waals surface area contributed by atoms with Crippen LogP contribution in [0.1, 0.15) is 45.4 Å². The summed E-state index contributed by atoms with van der Waals surface area (Å²) in [6, 6.07) is -0.674. The van der Waals surface area contributed by atoms with E-state index in [1.807, 2.05) is 0 Å². The summed E-state index contributed by atoms with van der Waals surface area (Å²) >= 11 is 0. The highest BCUT2D eigenvalue weighted by molar-refractivity contribution is 5.75. The minimum atomic E-state index is -0.674. The van der Waals surface area contributed by atoms with Gasteiger partial charge in [0.25, 0.3) is 0 Å². The molecule has 0 heterocycles. The average Bonchev–Trinajstić information content (AvgIpc) is 2.29. The Bertz CT molecular complexity index is 220. The molecule has 0 aromatic heterocycles. The summed E-state index contributed by atoms with van der Waals surface area (Å²) < 4.78 is 5.36. The van der Waals surface area contributed by atoms with Gasteiger partial charge in [0, 0.05) is 6.61 Å². The lowest BCUT2D eigenvalue weighted by molar-refractivity contribution is -0.153. The average molecular weight is 229 g/mol. The van der Waals surface area contributed by atoms with E-state index in [-0.39, 0.29) is 25.1 Å². The van der Waals surface area contributed by atoms with Gasteiger partial charge in [-0.15, -0.1) is 0 Å². The third-order valence-corrected chi connectivity index (χ3v) is 3.34. The first-order valence-corrected chi connectivity index (χ1v) is 6.24. The molecule has 0 saturated heterocycles. The molecule has 0 aromatic rings. The van der Waals surface area contributed by atoms with Crippen LogP contribution >= 0.6 is 0 Å². The fourth-order valence-electron chi connectivity index (χ4n) is 2.23. The van der Waals surface area contributed by atoms with Gasteiger partial charge in [0.15, 0.2) is 0 Å². The number of hydrogen-bond acceptors (Lipinski definition) is 4. The molecule has 1 saturated carbocycles. The number of nitrogens with two attached hydrogens (primary N) is 1. The second kappa shape index (κ2) is 6.86. The Balaban J connectivity index is 2.32. The van der Waals surface area contributed by atoms with E-state index < -0.39 is 6.04 Å². The Morgan fingerprint density at radius 2 is 2.31 bits per heavy atom. The van der Waals surface area contributed by atoms with Crippen molar-refractivity contribution in [1.82, 2.24) is 0 Å². The zero-order valence-electron chi connectivity index (χ0n) is 10.0. The minimum absolute atomic E-state index is 0.0379. The van der Waals surface area contributed by atoms with Gasteiger partial charge in [0.1, 0.15) is 12.1 Å². The topological polar surface area (TPSA) is 72.5 Å². The molecule has 0 bridgehead atoms. The number of aliphatic hydroxyl groups excluding tert-OH is 1. The molecule has 0 radical (unpaired) electrons. The highest BCUT2D eigenvalue weighted by Crippen LogP contribution is 2.28. The van der Waals surface area contributed by atoms with Crippen molar-refractivity contribution in [2.75, 3.05) is 6.61 Å². The van der Waals surface area contributed by atoms with E-state index in [2.05, 4.69) is 6.92 Å². The lowest BCUT2D eigenvalue weighted by Crippen LogP contribution is -2.37. The van der Waals surface area contributed by atoms with Crippen LogP contribution in [-0.4, -0.2) is 29.8 Å². The Morgan fingerprint density at radius 3 is 2.94 bits per heavy atom. The summed E-state index contributed by atoms with van der Waals surface area (Å²) in [5.41, 5.74) is 5.58. The van der Waals surface area contributed by atoms with Gasteiger partial charge < -0.3 is 15.6 Å². The van der Waals surface area contributed by atoms with Gasteiger partial charge in [-0.1, -0.05) is 19.8 Å². The lowest BCUT2D eigenvalue weighted by atomic mass is 9.85. The molecule has 1 aliphatic carbocycles. The Hall–Kier alpha value is -0.610. The van der Waals surface area contributed by atoms with E-state index in [1.165, 1.54) is 6.42 Å². The van der Waals surface area contributed by atoms with Gasteiger partial charge >= 0.3 is 5.97 Å². The SMILES string of the molecule is CCC1CCCC(OC(=O)C(N)CCO)C1. The smallest absolute Gasteiger partial charge is 0.323 e. The van der Waals surface area contributed by atoms with Gasteiger partial charge in [0.05, 0.1) is 0 Å². The van der Waals surface area contributed by atoms with Crippen molar-refractivity contribution < 1.29 is 14.6 Å². The van der Waals surface area contributed by atoms with Crippen LogP contribution in [-0.2, 0) is 9.53 Å². The quantitative estimate of drug-likeness (QED) is 0.695. The Labute approximate surface area is 97.2 Å². The van der Waals surface area contributed by atoms with Crippen LogP contribution in [0.15, 0.2) is 0 Å². The van der Waals surface area contributed by atoms with E-state index in [0.29, 0.717) is 5.92 Å². The van der Waals surface area contributed by atoms with Gasteiger partial charge in [-0.2, -0.15) is 0 Å². The number of carbonyl (C=O) groups is 1. The summed E-state index contributed by atoms with van der Waals surface area (Å²) in [5.74, 6) is 0.316. The summed E-state index contributed by atoms with van der Waals surface area (Å²) in [7, 11) is 0. The Kier molecular flexibility index (Phi) is 5.77. The van der Waals surface area contributed by atoms with Gasteiger partial charge in [-0.3, -0.25) is 4.79 Å². The maximum Gasteiger partial charge on any atom is 0.323 e. The zero-order valence-corrected chi connectivity index (χ0v) is 10.0. The number of ether oxygens (including phenoxy) is 1. The third kappa shape index (κ3) is 4.10. The fraction of sp³-hybridized carbons (Fsp3) is 0.917. The first kappa shape index (κ1) is 13.5. The van der Waals surface area contributed by atoms with Crippen molar-refractivity contribution in [3.8, 4) is 0 Å². The maximum atomic E-state index is 11.5. The molecule has 1 aliphatic rings. The highest BCUT2D eigenvalue weighted by Gasteiger charge is 2.25. The first-order chi connectivity index (χ1) is 7.67. The number of esters is 1.